The number of carbonyl (C=O) groups is 1. The molecule has 0 spiro atoms. The lowest BCUT2D eigenvalue weighted by Gasteiger charge is -2.34. The first-order chi connectivity index (χ1) is 9.54. The molecule has 0 saturated carbocycles. The van der Waals surface area contributed by atoms with Crippen molar-refractivity contribution in [1.82, 2.24) is 4.90 Å². The lowest BCUT2D eigenvalue weighted by molar-refractivity contribution is -0.116. The number of hydrogen-bond acceptors (Lipinski definition) is 4. The first-order valence-corrected chi connectivity index (χ1v) is 7.10. The minimum absolute atomic E-state index is 0.0112. The maximum Gasteiger partial charge on any atom is 0.225 e. The first-order valence-electron chi connectivity index (χ1n) is 7.10. The molecule has 2 atom stereocenters. The standard InChI is InChI=1S/C15H23N3O2/c1-11-6-8-18(10-14(11)19)9-7-15(20)17-13-4-2-12(16)3-5-13/h2-5,11,14,19H,6-10,16H2,1H3,(H,17,20). The van der Waals surface area contributed by atoms with Gasteiger partial charge in [-0.25, -0.2) is 0 Å². The molecule has 5 nitrogen and oxygen atoms in total. The van der Waals surface area contributed by atoms with E-state index in [9.17, 15) is 9.90 Å². The van der Waals surface area contributed by atoms with Crippen LogP contribution in [0.1, 0.15) is 19.8 Å². The number of aliphatic hydroxyl groups is 1. The van der Waals surface area contributed by atoms with Crippen molar-refractivity contribution in [3.8, 4) is 0 Å². The van der Waals surface area contributed by atoms with Gasteiger partial charge in [0.05, 0.1) is 6.10 Å². The highest BCUT2D eigenvalue weighted by Crippen LogP contribution is 2.17. The van der Waals surface area contributed by atoms with Crippen LogP contribution in [0.25, 0.3) is 0 Å². The summed E-state index contributed by atoms with van der Waals surface area (Å²) in [4.78, 5) is 14.0. The van der Waals surface area contributed by atoms with E-state index in [4.69, 9.17) is 5.73 Å². The number of amides is 1. The van der Waals surface area contributed by atoms with Crippen LogP contribution in [0, 0.1) is 5.92 Å². The smallest absolute Gasteiger partial charge is 0.225 e. The average molecular weight is 277 g/mol. The number of anilines is 2. The van der Waals surface area contributed by atoms with E-state index in [0.29, 0.717) is 31.1 Å². The maximum atomic E-state index is 11.9. The molecule has 0 aromatic heterocycles. The molecule has 1 amide bonds. The van der Waals surface area contributed by atoms with Crippen LogP contribution in [0.3, 0.4) is 0 Å². The van der Waals surface area contributed by atoms with Crippen LogP contribution in [0.4, 0.5) is 11.4 Å². The number of hydrogen-bond donors (Lipinski definition) is 3. The fourth-order valence-corrected chi connectivity index (χ4v) is 2.37. The number of nitrogen functional groups attached to an aromatic ring is 1. The number of piperidine rings is 1. The molecule has 0 radical (unpaired) electrons. The SMILES string of the molecule is CC1CCN(CCC(=O)Nc2ccc(N)cc2)CC1O. The number of nitrogens with zero attached hydrogens (tertiary/aromatic N) is 1. The summed E-state index contributed by atoms with van der Waals surface area (Å²) in [5, 5.41) is 12.7. The number of aliphatic hydroxyl groups excluding tert-OH is 1. The summed E-state index contributed by atoms with van der Waals surface area (Å²) < 4.78 is 0. The molecule has 1 aromatic carbocycles. The van der Waals surface area contributed by atoms with E-state index in [2.05, 4.69) is 17.1 Å². The van der Waals surface area contributed by atoms with Gasteiger partial charge in [0.1, 0.15) is 0 Å². The van der Waals surface area contributed by atoms with Crippen molar-refractivity contribution >= 4 is 17.3 Å². The summed E-state index contributed by atoms with van der Waals surface area (Å²) >= 11 is 0. The largest absolute Gasteiger partial charge is 0.399 e. The Balaban J connectivity index is 1.74. The van der Waals surface area contributed by atoms with Crippen molar-refractivity contribution in [2.45, 2.75) is 25.9 Å². The minimum atomic E-state index is -0.274. The highest BCUT2D eigenvalue weighted by molar-refractivity contribution is 5.90. The zero-order chi connectivity index (χ0) is 14.5. The molecule has 5 heteroatoms. The van der Waals surface area contributed by atoms with E-state index in [0.717, 1.165) is 18.7 Å². The van der Waals surface area contributed by atoms with Crippen molar-refractivity contribution < 1.29 is 9.90 Å². The lowest BCUT2D eigenvalue weighted by Crippen LogP contribution is -2.43. The normalized spacial score (nSPS) is 23.5. The summed E-state index contributed by atoms with van der Waals surface area (Å²) in [7, 11) is 0. The summed E-state index contributed by atoms with van der Waals surface area (Å²) in [6.07, 6.45) is 1.15. The van der Waals surface area contributed by atoms with Crippen LogP contribution in [-0.2, 0) is 4.79 Å². The van der Waals surface area contributed by atoms with Gasteiger partial charge in [-0.15, -0.1) is 0 Å². The molecule has 1 heterocycles. The molecule has 2 rings (SSSR count). The number of likely N-dealkylation sites (tertiary alicyclic amines) is 1. The van der Waals surface area contributed by atoms with Gasteiger partial charge in [0.2, 0.25) is 5.91 Å². The molecule has 0 bridgehead atoms. The molecular formula is C15H23N3O2. The molecule has 1 saturated heterocycles. The molecule has 1 aromatic rings. The monoisotopic (exact) mass is 277 g/mol. The van der Waals surface area contributed by atoms with Crippen LogP contribution < -0.4 is 11.1 Å². The fourth-order valence-electron chi connectivity index (χ4n) is 2.37. The lowest BCUT2D eigenvalue weighted by atomic mass is 9.96. The average Bonchev–Trinajstić information content (AvgIpc) is 2.43. The Bertz CT molecular complexity index is 447. The molecule has 1 aliphatic heterocycles. The van der Waals surface area contributed by atoms with Gasteiger partial charge in [0, 0.05) is 30.9 Å². The highest BCUT2D eigenvalue weighted by atomic mass is 16.3. The second kappa shape index (κ2) is 6.72. The van der Waals surface area contributed by atoms with E-state index in [1.165, 1.54) is 0 Å². The third-order valence-electron chi connectivity index (χ3n) is 3.85. The molecule has 2 unspecified atom stereocenters. The summed E-state index contributed by atoms with van der Waals surface area (Å²) in [6.45, 7) is 4.37. The van der Waals surface area contributed by atoms with E-state index in [1.54, 1.807) is 24.3 Å². The summed E-state index contributed by atoms with van der Waals surface area (Å²) in [5.74, 6) is 0.345. The molecule has 4 N–H and O–H groups in total. The molecule has 110 valence electrons. The van der Waals surface area contributed by atoms with Crippen LogP contribution in [-0.4, -0.2) is 41.7 Å². The third kappa shape index (κ3) is 4.21. The Hall–Kier alpha value is -1.59. The van der Waals surface area contributed by atoms with E-state index < -0.39 is 0 Å². The van der Waals surface area contributed by atoms with Gasteiger partial charge in [-0.1, -0.05) is 6.92 Å². The number of nitrogens with one attached hydrogen (secondary N) is 1. The van der Waals surface area contributed by atoms with Crippen molar-refractivity contribution in [2.24, 2.45) is 5.92 Å². The van der Waals surface area contributed by atoms with Crippen molar-refractivity contribution in [3.05, 3.63) is 24.3 Å². The van der Waals surface area contributed by atoms with Crippen LogP contribution >= 0.6 is 0 Å². The van der Waals surface area contributed by atoms with Gasteiger partial charge in [0.15, 0.2) is 0 Å². The quantitative estimate of drug-likeness (QED) is 0.725. The summed E-state index contributed by atoms with van der Waals surface area (Å²) in [6, 6.07) is 7.11. The Morgan fingerprint density at radius 2 is 2.15 bits per heavy atom. The molecule has 1 fully saturated rings. The topological polar surface area (TPSA) is 78.6 Å². The van der Waals surface area contributed by atoms with Crippen LogP contribution in [0.2, 0.25) is 0 Å². The highest BCUT2D eigenvalue weighted by Gasteiger charge is 2.24. The second-order valence-corrected chi connectivity index (χ2v) is 5.55. The molecule has 20 heavy (non-hydrogen) atoms. The van der Waals surface area contributed by atoms with E-state index in [-0.39, 0.29) is 12.0 Å². The van der Waals surface area contributed by atoms with Crippen LogP contribution in [0.5, 0.6) is 0 Å². The maximum absolute atomic E-state index is 11.9. The number of rotatable bonds is 4. The minimum Gasteiger partial charge on any atom is -0.399 e. The van der Waals surface area contributed by atoms with Gasteiger partial charge < -0.3 is 21.1 Å². The fraction of sp³-hybridized carbons (Fsp3) is 0.533. The van der Waals surface area contributed by atoms with Gasteiger partial charge in [-0.05, 0) is 43.1 Å². The van der Waals surface area contributed by atoms with Gasteiger partial charge in [-0.2, -0.15) is 0 Å². The Labute approximate surface area is 119 Å². The third-order valence-corrected chi connectivity index (χ3v) is 3.85. The van der Waals surface area contributed by atoms with E-state index in [1.807, 2.05) is 0 Å². The number of carbonyl (C=O) groups excluding carboxylic acids is 1. The predicted octanol–water partition coefficient (Wildman–Crippen LogP) is 1.30. The second-order valence-electron chi connectivity index (χ2n) is 5.55. The van der Waals surface area contributed by atoms with E-state index >= 15 is 0 Å². The number of β-amino-alcohol motifs (C(OH)–C–C–N with tert-alkyl or cyclic N) is 1. The first kappa shape index (κ1) is 14.8. The van der Waals surface area contributed by atoms with Crippen molar-refractivity contribution in [2.75, 3.05) is 30.7 Å². The van der Waals surface area contributed by atoms with Crippen molar-refractivity contribution in [3.63, 3.8) is 0 Å². The van der Waals surface area contributed by atoms with Gasteiger partial charge in [-0.3, -0.25) is 4.79 Å². The van der Waals surface area contributed by atoms with Crippen molar-refractivity contribution in [1.29, 1.82) is 0 Å². The zero-order valence-corrected chi connectivity index (χ0v) is 11.9. The summed E-state index contributed by atoms with van der Waals surface area (Å²) in [5.41, 5.74) is 7.04. The Morgan fingerprint density at radius 3 is 2.80 bits per heavy atom. The zero-order valence-electron chi connectivity index (χ0n) is 11.9. The van der Waals surface area contributed by atoms with Gasteiger partial charge in [0.25, 0.3) is 0 Å². The predicted molar refractivity (Wildman–Crippen MR) is 80.3 cm³/mol. The Morgan fingerprint density at radius 1 is 1.45 bits per heavy atom. The number of benzene rings is 1. The number of nitrogens with two attached hydrogens (primary N) is 1. The molecule has 1 aliphatic rings. The molecule has 0 aliphatic carbocycles. The van der Waals surface area contributed by atoms with Crippen LogP contribution in [0.15, 0.2) is 24.3 Å². The van der Waals surface area contributed by atoms with Gasteiger partial charge >= 0.3 is 0 Å². The Kier molecular flexibility index (Phi) is 4.98. The molecular weight excluding hydrogens is 254 g/mol.